The number of allylic oxidation sites excluding steroid dienone is 2. The van der Waals surface area contributed by atoms with Gasteiger partial charge in [-0.2, -0.15) is 0 Å². The van der Waals surface area contributed by atoms with Crippen LogP contribution in [0.2, 0.25) is 0 Å². The molecule has 3 heteroatoms. The summed E-state index contributed by atoms with van der Waals surface area (Å²) in [6.07, 6.45) is 4.13. The number of rotatable bonds is 6. The number of hydrogen-bond donors (Lipinski definition) is 2. The highest BCUT2D eigenvalue weighted by Crippen LogP contribution is 2.26. The Morgan fingerprint density at radius 1 is 1.38 bits per heavy atom. The second-order valence-electron chi connectivity index (χ2n) is 4.35. The molecule has 0 aliphatic carbocycles. The smallest absolute Gasteiger partial charge is 0.0677 e. The molecule has 0 aromatic carbocycles. The van der Waals surface area contributed by atoms with Crippen molar-refractivity contribution in [2.45, 2.75) is 31.7 Å². The van der Waals surface area contributed by atoms with Gasteiger partial charge in [-0.15, -0.1) is 0 Å². The molecule has 1 rings (SSSR count). The Balaban J connectivity index is 2.47. The van der Waals surface area contributed by atoms with E-state index in [0.29, 0.717) is 0 Å². The molecule has 1 aliphatic rings. The molecule has 3 N–H and O–H groups in total. The Morgan fingerprint density at radius 3 is 2.62 bits per heavy atom. The van der Waals surface area contributed by atoms with E-state index < -0.39 is 0 Å². The second-order valence-corrected chi connectivity index (χ2v) is 4.35. The van der Waals surface area contributed by atoms with Crippen LogP contribution in [0.25, 0.3) is 0 Å². The largest absolute Gasteiger partial charge is 0.401 e. The summed E-state index contributed by atoms with van der Waals surface area (Å²) in [5.41, 5.74) is 8.75. The minimum absolute atomic E-state index is 0.287. The molecule has 1 aliphatic heterocycles. The van der Waals surface area contributed by atoms with Crippen molar-refractivity contribution in [1.29, 1.82) is 0 Å². The van der Waals surface area contributed by atoms with Crippen molar-refractivity contribution in [1.82, 2.24) is 10.2 Å². The summed E-state index contributed by atoms with van der Waals surface area (Å²) in [5, 5.41) is 3.05. The van der Waals surface area contributed by atoms with Crippen LogP contribution in [0.3, 0.4) is 0 Å². The Labute approximate surface area is 98.7 Å². The summed E-state index contributed by atoms with van der Waals surface area (Å²) in [7, 11) is 1.89. The maximum atomic E-state index is 5.80. The number of hydrogen-bond acceptors (Lipinski definition) is 3. The van der Waals surface area contributed by atoms with E-state index in [2.05, 4.69) is 30.0 Å². The molecule has 0 saturated carbocycles. The molecule has 3 nitrogen and oxygen atoms in total. The zero-order valence-corrected chi connectivity index (χ0v) is 10.3. The molecule has 90 valence electrons. The van der Waals surface area contributed by atoms with Crippen molar-refractivity contribution in [3.8, 4) is 0 Å². The van der Waals surface area contributed by atoms with Crippen molar-refractivity contribution in [2.24, 2.45) is 5.73 Å². The molecular formula is C13H23N3. The highest BCUT2D eigenvalue weighted by molar-refractivity contribution is 5.12. The third-order valence-corrected chi connectivity index (χ3v) is 3.16. The zero-order chi connectivity index (χ0) is 12.1. The highest BCUT2D eigenvalue weighted by Gasteiger charge is 2.26. The first kappa shape index (κ1) is 12.7. The van der Waals surface area contributed by atoms with E-state index in [-0.39, 0.29) is 6.04 Å². The van der Waals surface area contributed by atoms with Crippen LogP contribution in [0.5, 0.6) is 0 Å². The monoisotopic (exact) mass is 221 g/mol. The molecule has 1 heterocycles. The molecule has 16 heavy (non-hydrogen) atoms. The van der Waals surface area contributed by atoms with Gasteiger partial charge in [-0.05, 0) is 25.7 Å². The third kappa shape index (κ3) is 3.05. The summed E-state index contributed by atoms with van der Waals surface area (Å²) in [5.74, 6) is 0. The van der Waals surface area contributed by atoms with E-state index in [1.165, 1.54) is 6.42 Å². The van der Waals surface area contributed by atoms with Crippen LogP contribution in [-0.4, -0.2) is 24.5 Å². The van der Waals surface area contributed by atoms with Crippen molar-refractivity contribution < 1.29 is 0 Å². The molecule has 0 amide bonds. The number of nitrogens with two attached hydrogens (primary N) is 1. The normalized spacial score (nSPS) is 19.6. The van der Waals surface area contributed by atoms with Crippen LogP contribution >= 0.6 is 0 Å². The quantitative estimate of drug-likeness (QED) is 0.720. The van der Waals surface area contributed by atoms with Crippen molar-refractivity contribution in [3.05, 3.63) is 36.8 Å². The standard InChI is InChI=1S/C13H23N3/c1-10(15-4)7-8-11(2)16-9-5-6-13(16)12(3)14/h13,15H,1-3,5-9,14H2,4H3/t13-/m0/s1. The van der Waals surface area contributed by atoms with E-state index in [4.69, 9.17) is 5.73 Å². The van der Waals surface area contributed by atoms with Gasteiger partial charge in [-0.25, -0.2) is 0 Å². The molecule has 0 unspecified atom stereocenters. The molecular weight excluding hydrogens is 198 g/mol. The lowest BCUT2D eigenvalue weighted by molar-refractivity contribution is 0.341. The first-order valence-electron chi connectivity index (χ1n) is 5.80. The molecule has 1 fully saturated rings. The van der Waals surface area contributed by atoms with Gasteiger partial charge in [0.25, 0.3) is 0 Å². The van der Waals surface area contributed by atoms with Crippen LogP contribution in [0.15, 0.2) is 36.8 Å². The number of likely N-dealkylation sites (tertiary alicyclic amines) is 1. The number of nitrogens with zero attached hydrogens (tertiary/aromatic N) is 1. The van der Waals surface area contributed by atoms with E-state index in [1.54, 1.807) is 0 Å². The Morgan fingerprint density at radius 2 is 2.06 bits per heavy atom. The van der Waals surface area contributed by atoms with Crippen LogP contribution in [0.1, 0.15) is 25.7 Å². The minimum atomic E-state index is 0.287. The molecule has 0 radical (unpaired) electrons. The fourth-order valence-corrected chi connectivity index (χ4v) is 2.09. The Kier molecular flexibility index (Phi) is 4.47. The van der Waals surface area contributed by atoms with Crippen molar-refractivity contribution >= 4 is 0 Å². The summed E-state index contributed by atoms with van der Waals surface area (Å²) < 4.78 is 0. The fourth-order valence-electron chi connectivity index (χ4n) is 2.09. The predicted molar refractivity (Wildman–Crippen MR) is 69.6 cm³/mol. The average Bonchev–Trinajstić information content (AvgIpc) is 2.74. The SMILES string of the molecule is C=C(CCC(=C)N1CCC[C@H]1C(=C)N)NC. The van der Waals surface area contributed by atoms with Gasteiger partial charge >= 0.3 is 0 Å². The van der Waals surface area contributed by atoms with Crippen LogP contribution < -0.4 is 11.1 Å². The fraction of sp³-hybridized carbons (Fsp3) is 0.538. The first-order valence-corrected chi connectivity index (χ1v) is 5.80. The molecule has 1 atom stereocenters. The van der Waals surface area contributed by atoms with Gasteiger partial charge in [0.05, 0.1) is 6.04 Å². The highest BCUT2D eigenvalue weighted by atomic mass is 15.2. The van der Waals surface area contributed by atoms with Gasteiger partial charge in [0, 0.05) is 30.7 Å². The first-order chi connectivity index (χ1) is 7.56. The van der Waals surface area contributed by atoms with Gasteiger partial charge in [0.1, 0.15) is 0 Å². The summed E-state index contributed by atoms with van der Waals surface area (Å²) >= 11 is 0. The summed E-state index contributed by atoms with van der Waals surface area (Å²) in [6.45, 7) is 12.9. The summed E-state index contributed by atoms with van der Waals surface area (Å²) in [4.78, 5) is 2.28. The van der Waals surface area contributed by atoms with Gasteiger partial charge in [-0.3, -0.25) is 0 Å². The lowest BCUT2D eigenvalue weighted by Crippen LogP contribution is -2.32. The van der Waals surface area contributed by atoms with Crippen LogP contribution in [0, 0.1) is 0 Å². The van der Waals surface area contributed by atoms with Gasteiger partial charge < -0.3 is 16.0 Å². The Hall–Kier alpha value is -1.38. The molecule has 0 bridgehead atoms. The van der Waals surface area contributed by atoms with Crippen LogP contribution in [-0.2, 0) is 0 Å². The number of nitrogens with one attached hydrogen (secondary N) is 1. The predicted octanol–water partition coefficient (Wildman–Crippen LogP) is 1.95. The van der Waals surface area contributed by atoms with Crippen molar-refractivity contribution in [3.63, 3.8) is 0 Å². The van der Waals surface area contributed by atoms with Crippen LogP contribution in [0.4, 0.5) is 0 Å². The van der Waals surface area contributed by atoms with E-state index in [9.17, 15) is 0 Å². The maximum absolute atomic E-state index is 5.80. The third-order valence-electron chi connectivity index (χ3n) is 3.16. The van der Waals surface area contributed by atoms with E-state index >= 15 is 0 Å². The molecule has 1 saturated heterocycles. The molecule has 0 spiro atoms. The van der Waals surface area contributed by atoms with E-state index in [0.717, 1.165) is 42.9 Å². The van der Waals surface area contributed by atoms with Crippen molar-refractivity contribution in [2.75, 3.05) is 13.6 Å². The van der Waals surface area contributed by atoms with Gasteiger partial charge in [-0.1, -0.05) is 19.7 Å². The minimum Gasteiger partial charge on any atom is -0.401 e. The lowest BCUT2D eigenvalue weighted by atomic mass is 10.1. The second kappa shape index (κ2) is 5.64. The maximum Gasteiger partial charge on any atom is 0.0677 e. The average molecular weight is 221 g/mol. The van der Waals surface area contributed by atoms with Gasteiger partial charge in [0.15, 0.2) is 0 Å². The lowest BCUT2D eigenvalue weighted by Gasteiger charge is -2.28. The molecule has 0 aromatic rings. The van der Waals surface area contributed by atoms with Gasteiger partial charge in [0.2, 0.25) is 0 Å². The topological polar surface area (TPSA) is 41.3 Å². The zero-order valence-electron chi connectivity index (χ0n) is 10.3. The summed E-state index contributed by atoms with van der Waals surface area (Å²) in [6, 6.07) is 0.287. The van der Waals surface area contributed by atoms with E-state index in [1.807, 2.05) is 7.05 Å². The molecule has 0 aromatic heterocycles. The Bertz CT molecular complexity index is 294.